The number of primary sulfonamides is 1. The summed E-state index contributed by atoms with van der Waals surface area (Å²) < 4.78 is 22.7. The Hall–Kier alpha value is -3.01. The fourth-order valence-electron chi connectivity index (χ4n) is 2.56. The van der Waals surface area contributed by atoms with Gasteiger partial charge in [-0.1, -0.05) is 24.3 Å². The van der Waals surface area contributed by atoms with Gasteiger partial charge in [0.05, 0.1) is 6.54 Å². The molecule has 0 saturated carbocycles. The van der Waals surface area contributed by atoms with Gasteiger partial charge >= 0.3 is 0 Å². The van der Waals surface area contributed by atoms with Crippen molar-refractivity contribution in [2.75, 3.05) is 5.32 Å². The third kappa shape index (κ3) is 5.29. The smallest absolute Gasteiger partial charge is 0.255 e. The minimum Gasteiger partial charge on any atom is -0.347 e. The van der Waals surface area contributed by atoms with Gasteiger partial charge in [0.25, 0.3) is 11.8 Å². The second kappa shape index (κ2) is 8.56. The second-order valence-corrected chi connectivity index (χ2v) is 9.25. The molecule has 4 N–H and O–H groups in total. The molecule has 0 aliphatic carbocycles. The number of hydrogen-bond donors (Lipinski definition) is 3. The maximum atomic E-state index is 12.5. The van der Waals surface area contributed by atoms with E-state index in [0.717, 1.165) is 16.9 Å². The van der Waals surface area contributed by atoms with Gasteiger partial charge in [-0.25, -0.2) is 13.6 Å². The Morgan fingerprint density at radius 3 is 2.34 bits per heavy atom. The first-order valence-corrected chi connectivity index (χ1v) is 11.0. The summed E-state index contributed by atoms with van der Waals surface area (Å²) in [4.78, 5) is 25.5. The van der Waals surface area contributed by atoms with Crippen LogP contribution in [0.1, 0.15) is 31.2 Å². The molecule has 3 rings (SSSR count). The van der Waals surface area contributed by atoms with Gasteiger partial charge in [-0.05, 0) is 48.9 Å². The van der Waals surface area contributed by atoms with E-state index in [2.05, 4.69) is 10.6 Å². The van der Waals surface area contributed by atoms with E-state index in [9.17, 15) is 18.0 Å². The SMILES string of the molecule is Cc1ccc(C(=O)NCc2ccc(S(N)(=O)=O)s2)cc1NC(=O)c1ccccc1. The molecule has 150 valence electrons. The third-order valence-corrected chi connectivity index (χ3v) is 6.65. The van der Waals surface area contributed by atoms with E-state index in [1.807, 2.05) is 13.0 Å². The van der Waals surface area contributed by atoms with Crippen LogP contribution in [-0.2, 0) is 16.6 Å². The first-order chi connectivity index (χ1) is 13.7. The summed E-state index contributed by atoms with van der Waals surface area (Å²) >= 11 is 1.00. The molecule has 1 heterocycles. The maximum Gasteiger partial charge on any atom is 0.255 e. The molecule has 3 aromatic rings. The molecule has 0 fully saturated rings. The molecule has 0 unspecified atom stereocenters. The van der Waals surface area contributed by atoms with E-state index in [0.29, 0.717) is 21.7 Å². The lowest BCUT2D eigenvalue weighted by Gasteiger charge is -2.11. The number of rotatable bonds is 6. The largest absolute Gasteiger partial charge is 0.347 e. The maximum absolute atomic E-state index is 12.5. The predicted octanol–water partition coefficient (Wildman–Crippen LogP) is 2.89. The first-order valence-electron chi connectivity index (χ1n) is 8.61. The molecule has 1 aromatic heterocycles. The fourth-order valence-corrected chi connectivity index (χ4v) is 4.28. The standard InChI is InChI=1S/C20H19N3O4S2/c1-13-7-8-15(11-17(13)23-20(25)14-5-3-2-4-6-14)19(24)22-12-16-9-10-18(28-16)29(21,26)27/h2-11H,12H2,1H3,(H,22,24)(H,23,25)(H2,21,26,27). The van der Waals surface area contributed by atoms with Crippen LogP contribution in [0, 0.1) is 6.92 Å². The van der Waals surface area contributed by atoms with Crippen LogP contribution in [0.2, 0.25) is 0 Å². The van der Waals surface area contributed by atoms with Gasteiger partial charge in [-0.15, -0.1) is 11.3 Å². The zero-order valence-corrected chi connectivity index (χ0v) is 17.1. The lowest BCUT2D eigenvalue weighted by atomic mass is 10.1. The summed E-state index contributed by atoms with van der Waals surface area (Å²) in [6, 6.07) is 16.8. The molecule has 0 aliphatic rings. The molecular formula is C20H19N3O4S2. The number of nitrogens with one attached hydrogen (secondary N) is 2. The van der Waals surface area contributed by atoms with Crippen LogP contribution in [0.15, 0.2) is 64.9 Å². The number of aryl methyl sites for hydroxylation is 1. The molecule has 2 amide bonds. The van der Waals surface area contributed by atoms with E-state index in [4.69, 9.17) is 5.14 Å². The molecule has 0 atom stereocenters. The normalized spacial score (nSPS) is 11.1. The highest BCUT2D eigenvalue weighted by Crippen LogP contribution is 2.21. The number of carbonyl (C=O) groups is 2. The van der Waals surface area contributed by atoms with Crippen molar-refractivity contribution in [2.45, 2.75) is 17.7 Å². The van der Waals surface area contributed by atoms with E-state index in [-0.39, 0.29) is 22.6 Å². The number of sulfonamides is 1. The highest BCUT2D eigenvalue weighted by Gasteiger charge is 2.14. The zero-order chi connectivity index (χ0) is 21.0. The van der Waals surface area contributed by atoms with Crippen molar-refractivity contribution in [2.24, 2.45) is 5.14 Å². The van der Waals surface area contributed by atoms with Crippen molar-refractivity contribution in [1.82, 2.24) is 5.32 Å². The van der Waals surface area contributed by atoms with E-state index < -0.39 is 10.0 Å². The summed E-state index contributed by atoms with van der Waals surface area (Å²) in [5.74, 6) is -0.605. The summed E-state index contributed by atoms with van der Waals surface area (Å²) in [7, 11) is -3.75. The van der Waals surface area contributed by atoms with Gasteiger partial charge < -0.3 is 10.6 Å². The Morgan fingerprint density at radius 1 is 0.966 bits per heavy atom. The second-order valence-electron chi connectivity index (χ2n) is 6.30. The van der Waals surface area contributed by atoms with Crippen molar-refractivity contribution >= 4 is 38.9 Å². The number of anilines is 1. The van der Waals surface area contributed by atoms with Crippen molar-refractivity contribution in [3.05, 3.63) is 82.2 Å². The van der Waals surface area contributed by atoms with Crippen LogP contribution in [0.4, 0.5) is 5.69 Å². The summed E-state index contributed by atoms with van der Waals surface area (Å²) in [6.07, 6.45) is 0. The quantitative estimate of drug-likeness (QED) is 0.558. The molecule has 0 radical (unpaired) electrons. The van der Waals surface area contributed by atoms with E-state index in [1.165, 1.54) is 6.07 Å². The van der Waals surface area contributed by atoms with E-state index in [1.54, 1.807) is 48.5 Å². The molecule has 0 spiro atoms. The number of nitrogens with two attached hydrogens (primary N) is 1. The highest BCUT2D eigenvalue weighted by molar-refractivity contribution is 7.91. The van der Waals surface area contributed by atoms with Gasteiger partial charge in [0.1, 0.15) is 4.21 Å². The van der Waals surface area contributed by atoms with E-state index >= 15 is 0 Å². The molecule has 0 saturated heterocycles. The summed E-state index contributed by atoms with van der Waals surface area (Å²) in [6.45, 7) is 2.00. The Kier molecular flexibility index (Phi) is 6.12. The Labute approximate surface area is 172 Å². The Bertz CT molecular complexity index is 1160. The lowest BCUT2D eigenvalue weighted by Crippen LogP contribution is -2.22. The van der Waals surface area contributed by atoms with Crippen molar-refractivity contribution in [3.8, 4) is 0 Å². The fraction of sp³-hybridized carbons (Fsp3) is 0.100. The third-order valence-electron chi connectivity index (χ3n) is 4.12. The molecule has 29 heavy (non-hydrogen) atoms. The molecule has 9 heteroatoms. The Morgan fingerprint density at radius 2 is 1.69 bits per heavy atom. The van der Waals surface area contributed by atoms with Crippen LogP contribution in [0.25, 0.3) is 0 Å². The number of hydrogen-bond acceptors (Lipinski definition) is 5. The van der Waals surface area contributed by atoms with Crippen molar-refractivity contribution in [3.63, 3.8) is 0 Å². The Balaban J connectivity index is 1.69. The van der Waals surface area contributed by atoms with Crippen molar-refractivity contribution in [1.29, 1.82) is 0 Å². The van der Waals surface area contributed by atoms with Gasteiger partial charge in [0.2, 0.25) is 10.0 Å². The highest BCUT2D eigenvalue weighted by atomic mass is 32.2. The average Bonchev–Trinajstić information content (AvgIpc) is 3.18. The lowest BCUT2D eigenvalue weighted by molar-refractivity contribution is 0.0950. The molecule has 2 aromatic carbocycles. The number of amides is 2. The number of carbonyl (C=O) groups excluding carboxylic acids is 2. The molecule has 0 aliphatic heterocycles. The monoisotopic (exact) mass is 429 g/mol. The van der Waals surface area contributed by atoms with Gasteiger partial charge in [-0.3, -0.25) is 9.59 Å². The predicted molar refractivity (Wildman–Crippen MR) is 112 cm³/mol. The van der Waals surface area contributed by atoms with Gasteiger partial charge in [0.15, 0.2) is 0 Å². The molecule has 7 nitrogen and oxygen atoms in total. The van der Waals surface area contributed by atoms with Gasteiger partial charge in [-0.2, -0.15) is 0 Å². The van der Waals surface area contributed by atoms with Crippen LogP contribution in [-0.4, -0.2) is 20.2 Å². The minimum absolute atomic E-state index is 0.0444. The van der Waals surface area contributed by atoms with Crippen LogP contribution in [0.5, 0.6) is 0 Å². The summed E-state index contributed by atoms with van der Waals surface area (Å²) in [5, 5.41) is 10.6. The zero-order valence-electron chi connectivity index (χ0n) is 15.5. The molecule has 0 bridgehead atoms. The van der Waals surface area contributed by atoms with Gasteiger partial charge in [0, 0.05) is 21.7 Å². The summed E-state index contributed by atoms with van der Waals surface area (Å²) in [5.41, 5.74) is 2.26. The average molecular weight is 430 g/mol. The van der Waals surface area contributed by atoms with Crippen LogP contribution >= 0.6 is 11.3 Å². The van der Waals surface area contributed by atoms with Crippen LogP contribution in [0.3, 0.4) is 0 Å². The number of thiophene rings is 1. The van der Waals surface area contributed by atoms with Crippen molar-refractivity contribution < 1.29 is 18.0 Å². The number of benzene rings is 2. The topological polar surface area (TPSA) is 118 Å². The molecular weight excluding hydrogens is 410 g/mol. The first kappa shape index (κ1) is 20.7. The van der Waals surface area contributed by atoms with Crippen LogP contribution < -0.4 is 15.8 Å². The minimum atomic E-state index is -3.75.